The number of aryl methyl sites for hydroxylation is 2. The van der Waals surface area contributed by atoms with Crippen LogP contribution < -0.4 is 9.88 Å². The maximum absolute atomic E-state index is 3.46. The number of aromatic nitrogens is 1. The van der Waals surface area contributed by atoms with E-state index >= 15 is 0 Å². The third kappa shape index (κ3) is 3.06. The highest BCUT2D eigenvalue weighted by Gasteiger charge is 2.06. The van der Waals surface area contributed by atoms with Gasteiger partial charge in [-0.15, -0.1) is 0 Å². The molecule has 1 heterocycles. The van der Waals surface area contributed by atoms with Crippen LogP contribution in [0.15, 0.2) is 48.7 Å². The van der Waals surface area contributed by atoms with Gasteiger partial charge in [0.2, 0.25) is 5.69 Å². The number of nitrogens with zero attached hydrogens (tertiary/aromatic N) is 1. The van der Waals surface area contributed by atoms with E-state index in [1.807, 2.05) is 0 Å². The van der Waals surface area contributed by atoms with Crippen molar-refractivity contribution in [3.8, 4) is 0 Å². The molecule has 0 aliphatic carbocycles. The maximum atomic E-state index is 3.46. The zero-order valence-electron chi connectivity index (χ0n) is 10.5. The van der Waals surface area contributed by atoms with Gasteiger partial charge in [0.25, 0.3) is 0 Å². The molecule has 1 N–H and O–H groups in total. The number of hydrogen-bond donors (Lipinski definition) is 1. The van der Waals surface area contributed by atoms with Crippen molar-refractivity contribution in [1.82, 2.24) is 0 Å². The summed E-state index contributed by atoms with van der Waals surface area (Å²) in [6, 6.07) is 14.8. The van der Waals surface area contributed by atoms with E-state index in [1.54, 1.807) is 0 Å². The maximum Gasteiger partial charge on any atom is 0.200 e. The highest BCUT2D eigenvalue weighted by atomic mass is 15.0. The van der Waals surface area contributed by atoms with Gasteiger partial charge in [-0.25, -0.2) is 4.57 Å². The smallest absolute Gasteiger partial charge is 0.200 e. The average Bonchev–Trinajstić information content (AvgIpc) is 2.37. The molecular formula is C15H19N2+. The number of rotatable bonds is 4. The van der Waals surface area contributed by atoms with E-state index in [0.29, 0.717) is 0 Å². The Hall–Kier alpha value is -1.83. The second-order valence-electron chi connectivity index (χ2n) is 4.20. The van der Waals surface area contributed by atoms with Gasteiger partial charge in [-0.2, -0.15) is 0 Å². The minimum atomic E-state index is 0.859. The lowest BCUT2D eigenvalue weighted by Gasteiger charge is -2.06. The zero-order valence-corrected chi connectivity index (χ0v) is 10.5. The van der Waals surface area contributed by atoms with E-state index < -0.39 is 0 Å². The van der Waals surface area contributed by atoms with Crippen LogP contribution in [-0.4, -0.2) is 0 Å². The van der Waals surface area contributed by atoms with Gasteiger partial charge in [-0.05, 0) is 31.5 Å². The van der Waals surface area contributed by atoms with Crippen LogP contribution in [0.3, 0.4) is 0 Å². The summed E-state index contributed by atoms with van der Waals surface area (Å²) in [6.07, 6.45) is 2.12. The molecule has 2 aromatic rings. The molecule has 0 unspecified atom stereocenters. The van der Waals surface area contributed by atoms with Crippen LogP contribution in [0.5, 0.6) is 0 Å². The van der Waals surface area contributed by atoms with E-state index in [0.717, 1.165) is 13.1 Å². The predicted molar refractivity (Wildman–Crippen MR) is 70.8 cm³/mol. The van der Waals surface area contributed by atoms with E-state index in [9.17, 15) is 0 Å². The fraction of sp³-hybridized carbons (Fsp3) is 0.267. The Morgan fingerprint density at radius 2 is 2.00 bits per heavy atom. The van der Waals surface area contributed by atoms with Gasteiger partial charge in [0.05, 0.1) is 0 Å². The van der Waals surface area contributed by atoms with E-state index in [1.165, 1.54) is 16.9 Å². The van der Waals surface area contributed by atoms with Crippen LogP contribution in [0.1, 0.15) is 18.2 Å². The molecule has 2 nitrogen and oxygen atoms in total. The van der Waals surface area contributed by atoms with Crippen molar-refractivity contribution >= 4 is 5.69 Å². The Bertz CT molecular complexity index is 492. The highest BCUT2D eigenvalue weighted by Crippen LogP contribution is 2.10. The Kier molecular flexibility index (Phi) is 3.76. The van der Waals surface area contributed by atoms with Crippen molar-refractivity contribution < 1.29 is 4.57 Å². The fourth-order valence-corrected chi connectivity index (χ4v) is 1.93. The van der Waals surface area contributed by atoms with E-state index in [2.05, 4.69) is 72.4 Å². The Balaban J connectivity index is 2.07. The second kappa shape index (κ2) is 5.48. The lowest BCUT2D eigenvalue weighted by atomic mass is 10.2. The minimum absolute atomic E-state index is 0.859. The second-order valence-corrected chi connectivity index (χ2v) is 4.20. The molecule has 0 aliphatic rings. The average molecular weight is 227 g/mol. The van der Waals surface area contributed by atoms with Crippen molar-refractivity contribution in [2.75, 3.05) is 5.32 Å². The van der Waals surface area contributed by atoms with Crippen molar-refractivity contribution in [3.05, 3.63) is 59.9 Å². The molecule has 0 saturated heterocycles. The Morgan fingerprint density at radius 3 is 2.76 bits per heavy atom. The first kappa shape index (κ1) is 11.6. The van der Waals surface area contributed by atoms with Crippen molar-refractivity contribution in [2.45, 2.75) is 26.9 Å². The van der Waals surface area contributed by atoms with Crippen molar-refractivity contribution in [3.63, 3.8) is 0 Å². The Morgan fingerprint density at radius 1 is 1.12 bits per heavy atom. The number of hydrogen-bond acceptors (Lipinski definition) is 1. The van der Waals surface area contributed by atoms with E-state index in [4.69, 9.17) is 0 Å². The number of anilines is 1. The minimum Gasteiger partial charge on any atom is -0.375 e. The van der Waals surface area contributed by atoms with Gasteiger partial charge in [0.1, 0.15) is 13.1 Å². The van der Waals surface area contributed by atoms with Crippen molar-refractivity contribution in [2.24, 2.45) is 0 Å². The van der Waals surface area contributed by atoms with Crippen LogP contribution in [0.4, 0.5) is 5.69 Å². The summed E-state index contributed by atoms with van der Waals surface area (Å²) in [5, 5.41) is 3.46. The first-order chi connectivity index (χ1) is 8.29. The molecule has 1 aromatic carbocycles. The lowest BCUT2D eigenvalue weighted by molar-refractivity contribution is -0.700. The summed E-state index contributed by atoms with van der Waals surface area (Å²) in [5.74, 6) is 0. The summed E-state index contributed by atoms with van der Waals surface area (Å²) in [6.45, 7) is 6.14. The molecule has 88 valence electrons. The molecule has 0 amide bonds. The molecule has 2 heteroatoms. The summed E-state index contributed by atoms with van der Waals surface area (Å²) >= 11 is 0. The molecule has 1 aromatic heterocycles. The number of benzene rings is 1. The monoisotopic (exact) mass is 227 g/mol. The molecule has 2 rings (SSSR count). The third-order valence-corrected chi connectivity index (χ3v) is 2.87. The summed E-state index contributed by atoms with van der Waals surface area (Å²) in [5.41, 5.74) is 3.76. The fourth-order valence-electron chi connectivity index (χ4n) is 1.93. The van der Waals surface area contributed by atoms with Crippen LogP contribution in [-0.2, 0) is 13.1 Å². The summed E-state index contributed by atoms with van der Waals surface area (Å²) in [7, 11) is 0. The summed E-state index contributed by atoms with van der Waals surface area (Å²) in [4.78, 5) is 0. The summed E-state index contributed by atoms with van der Waals surface area (Å²) < 4.78 is 2.25. The SMILES string of the molecule is CC[n+]1ccccc1CNc1cccc(C)c1. The first-order valence-electron chi connectivity index (χ1n) is 6.07. The van der Waals surface area contributed by atoms with Crippen LogP contribution in [0, 0.1) is 6.92 Å². The standard InChI is InChI=1S/C15H19N2/c1-3-17-10-5-4-9-15(17)12-16-14-8-6-7-13(2)11-14/h4-11,16H,3,12H2,1-2H3/q+1. The van der Waals surface area contributed by atoms with Gasteiger partial charge in [0, 0.05) is 17.8 Å². The number of nitrogens with one attached hydrogen (secondary N) is 1. The normalized spacial score (nSPS) is 10.2. The first-order valence-corrected chi connectivity index (χ1v) is 6.07. The molecule has 0 saturated carbocycles. The number of pyridine rings is 1. The highest BCUT2D eigenvalue weighted by molar-refractivity contribution is 5.45. The van der Waals surface area contributed by atoms with Crippen molar-refractivity contribution in [1.29, 1.82) is 0 Å². The molecule has 17 heavy (non-hydrogen) atoms. The lowest BCUT2D eigenvalue weighted by Crippen LogP contribution is -2.37. The third-order valence-electron chi connectivity index (χ3n) is 2.87. The van der Waals surface area contributed by atoms with Gasteiger partial charge in [-0.3, -0.25) is 0 Å². The predicted octanol–water partition coefficient (Wildman–Crippen LogP) is 2.91. The quantitative estimate of drug-likeness (QED) is 0.794. The molecule has 0 fully saturated rings. The molecule has 0 radical (unpaired) electrons. The molecule has 0 bridgehead atoms. The molecule has 0 aliphatic heterocycles. The molecule has 0 atom stereocenters. The van der Waals surface area contributed by atoms with Crippen LogP contribution >= 0.6 is 0 Å². The van der Waals surface area contributed by atoms with Crippen LogP contribution in [0.2, 0.25) is 0 Å². The van der Waals surface area contributed by atoms with Gasteiger partial charge in [-0.1, -0.05) is 18.2 Å². The molecule has 0 spiro atoms. The zero-order chi connectivity index (χ0) is 12.1. The van der Waals surface area contributed by atoms with E-state index in [-0.39, 0.29) is 0 Å². The largest absolute Gasteiger partial charge is 0.375 e. The van der Waals surface area contributed by atoms with Gasteiger partial charge >= 0.3 is 0 Å². The molecular weight excluding hydrogens is 208 g/mol. The topological polar surface area (TPSA) is 15.9 Å². The van der Waals surface area contributed by atoms with Gasteiger partial charge < -0.3 is 5.32 Å². The van der Waals surface area contributed by atoms with Gasteiger partial charge in [0.15, 0.2) is 6.20 Å². The van der Waals surface area contributed by atoms with Crippen LogP contribution in [0.25, 0.3) is 0 Å². The Labute approximate surface area is 103 Å².